The zero-order chi connectivity index (χ0) is 23.2. The Morgan fingerprint density at radius 1 is 1.09 bits per heavy atom. The second-order valence-corrected chi connectivity index (χ2v) is 8.82. The predicted octanol–water partition coefficient (Wildman–Crippen LogP) is 4.62. The monoisotopic (exact) mass is 463 g/mol. The van der Waals surface area contributed by atoms with Crippen LogP contribution in [0.2, 0.25) is 0 Å². The van der Waals surface area contributed by atoms with E-state index in [2.05, 4.69) is 75.3 Å². The van der Waals surface area contributed by atoms with Gasteiger partial charge in [0.1, 0.15) is 0 Å². The third-order valence-corrected chi connectivity index (χ3v) is 6.68. The summed E-state index contributed by atoms with van der Waals surface area (Å²) in [5.41, 5.74) is 5.94. The van der Waals surface area contributed by atoms with Crippen LogP contribution in [-0.2, 0) is 11.3 Å². The van der Waals surface area contributed by atoms with Crippen molar-refractivity contribution in [2.45, 2.75) is 38.9 Å². The lowest BCUT2D eigenvalue weighted by Gasteiger charge is -2.28. The Morgan fingerprint density at radius 3 is 2.61 bits per heavy atom. The standard InChI is InChI=1S/C26H33N5OS/c1-19-18-22(20(2)30(19)16-17-32-3)25-24(23-12-7-8-13-28-23)29-26(33)31(25)15-9-14-27-21-10-5-4-6-11-21/h4-8,10-13,18,24-25,27H,9,14-17H2,1-3H3,(H,29,33)/t24-,25-/m1/s1. The van der Waals surface area contributed by atoms with Crippen molar-refractivity contribution >= 4 is 23.0 Å². The molecule has 33 heavy (non-hydrogen) atoms. The molecule has 0 saturated carbocycles. The number of thiocarbonyl (C=S) groups is 1. The molecule has 3 heterocycles. The van der Waals surface area contributed by atoms with Crippen molar-refractivity contribution in [2.24, 2.45) is 0 Å². The lowest BCUT2D eigenvalue weighted by Crippen LogP contribution is -2.31. The second-order valence-electron chi connectivity index (χ2n) is 8.44. The van der Waals surface area contributed by atoms with Crippen molar-refractivity contribution in [1.29, 1.82) is 0 Å². The highest BCUT2D eigenvalue weighted by atomic mass is 32.1. The molecular formula is C26H33N5OS. The highest BCUT2D eigenvalue weighted by Crippen LogP contribution is 2.40. The fourth-order valence-corrected chi connectivity index (χ4v) is 5.01. The number of anilines is 1. The van der Waals surface area contributed by atoms with Crippen LogP contribution in [0, 0.1) is 13.8 Å². The first-order valence-corrected chi connectivity index (χ1v) is 11.9. The molecule has 0 unspecified atom stereocenters. The number of aromatic nitrogens is 2. The van der Waals surface area contributed by atoms with Crippen molar-refractivity contribution in [3.63, 3.8) is 0 Å². The zero-order valence-corrected chi connectivity index (χ0v) is 20.4. The number of hydrogen-bond donors (Lipinski definition) is 2. The second kappa shape index (κ2) is 10.8. The van der Waals surface area contributed by atoms with E-state index < -0.39 is 0 Å². The van der Waals surface area contributed by atoms with Crippen LogP contribution >= 0.6 is 12.2 Å². The first-order valence-electron chi connectivity index (χ1n) is 11.5. The van der Waals surface area contributed by atoms with Gasteiger partial charge in [-0.15, -0.1) is 0 Å². The number of ether oxygens (including phenoxy) is 1. The van der Waals surface area contributed by atoms with Gasteiger partial charge in [-0.3, -0.25) is 4.98 Å². The number of rotatable bonds is 10. The molecule has 1 aliphatic rings. The molecule has 0 bridgehead atoms. The Balaban J connectivity index is 1.57. The molecule has 1 aromatic carbocycles. The molecule has 0 spiro atoms. The lowest BCUT2D eigenvalue weighted by atomic mass is 9.96. The Labute approximate surface area is 202 Å². The van der Waals surface area contributed by atoms with Gasteiger partial charge in [-0.25, -0.2) is 0 Å². The molecule has 2 aromatic heterocycles. The number of pyridine rings is 1. The van der Waals surface area contributed by atoms with Crippen LogP contribution in [0.15, 0.2) is 60.8 Å². The van der Waals surface area contributed by atoms with Crippen LogP contribution in [0.3, 0.4) is 0 Å². The maximum absolute atomic E-state index is 5.83. The molecule has 1 fully saturated rings. The summed E-state index contributed by atoms with van der Waals surface area (Å²) < 4.78 is 7.68. The van der Waals surface area contributed by atoms with Gasteiger partial charge in [0.2, 0.25) is 0 Å². The van der Waals surface area contributed by atoms with E-state index in [-0.39, 0.29) is 12.1 Å². The highest BCUT2D eigenvalue weighted by molar-refractivity contribution is 7.80. The molecule has 3 aromatic rings. The third kappa shape index (κ3) is 5.20. The summed E-state index contributed by atoms with van der Waals surface area (Å²) in [5.74, 6) is 0. The van der Waals surface area contributed by atoms with Crippen LogP contribution in [0.1, 0.15) is 41.1 Å². The van der Waals surface area contributed by atoms with Gasteiger partial charge in [-0.05, 0) is 68.4 Å². The topological polar surface area (TPSA) is 54.4 Å². The van der Waals surface area contributed by atoms with E-state index in [1.807, 2.05) is 24.4 Å². The molecule has 1 saturated heterocycles. The van der Waals surface area contributed by atoms with Gasteiger partial charge in [0.25, 0.3) is 0 Å². The zero-order valence-electron chi connectivity index (χ0n) is 19.6. The first kappa shape index (κ1) is 23.3. The Hall–Kier alpha value is -2.90. The SMILES string of the molecule is COCCn1c(C)cc([C@@H]2[C@@H](c3ccccn3)NC(=S)N2CCCNc2ccccc2)c1C. The average Bonchev–Trinajstić information content (AvgIpc) is 3.31. The third-order valence-electron chi connectivity index (χ3n) is 6.33. The number of aryl methyl sites for hydroxylation is 1. The maximum Gasteiger partial charge on any atom is 0.170 e. The van der Waals surface area contributed by atoms with E-state index in [1.54, 1.807) is 7.11 Å². The first-order chi connectivity index (χ1) is 16.1. The van der Waals surface area contributed by atoms with Gasteiger partial charge in [-0.2, -0.15) is 0 Å². The van der Waals surface area contributed by atoms with Crippen molar-refractivity contribution in [2.75, 3.05) is 32.1 Å². The Kier molecular flexibility index (Phi) is 7.62. The number of nitrogens with one attached hydrogen (secondary N) is 2. The number of nitrogens with zero attached hydrogens (tertiary/aromatic N) is 3. The van der Waals surface area contributed by atoms with E-state index >= 15 is 0 Å². The maximum atomic E-state index is 5.83. The Morgan fingerprint density at radius 2 is 1.88 bits per heavy atom. The predicted molar refractivity (Wildman–Crippen MR) is 137 cm³/mol. The Bertz CT molecular complexity index is 1050. The quantitative estimate of drug-likeness (QED) is 0.338. The summed E-state index contributed by atoms with van der Waals surface area (Å²) >= 11 is 5.83. The van der Waals surface area contributed by atoms with E-state index in [0.29, 0.717) is 6.61 Å². The molecule has 2 N–H and O–H groups in total. The number of methoxy groups -OCH3 is 1. The minimum Gasteiger partial charge on any atom is -0.385 e. The largest absolute Gasteiger partial charge is 0.385 e. The van der Waals surface area contributed by atoms with Gasteiger partial charge in [0, 0.05) is 50.0 Å². The fourth-order valence-electron chi connectivity index (χ4n) is 4.68. The van der Waals surface area contributed by atoms with Gasteiger partial charge < -0.3 is 24.8 Å². The minimum absolute atomic E-state index is 0.0113. The molecule has 0 radical (unpaired) electrons. The average molecular weight is 464 g/mol. The molecule has 174 valence electrons. The summed E-state index contributed by atoms with van der Waals surface area (Å²) in [7, 11) is 1.75. The number of benzene rings is 1. The van der Waals surface area contributed by atoms with Crippen molar-refractivity contribution < 1.29 is 4.74 Å². The molecule has 2 atom stereocenters. The smallest absolute Gasteiger partial charge is 0.170 e. The number of hydrogen-bond acceptors (Lipinski definition) is 4. The van der Waals surface area contributed by atoms with Gasteiger partial charge in [0.15, 0.2) is 5.11 Å². The summed E-state index contributed by atoms with van der Waals surface area (Å²) in [6.45, 7) is 7.64. The number of para-hydroxylation sites is 1. The van der Waals surface area contributed by atoms with E-state index in [0.717, 1.165) is 42.5 Å². The normalized spacial score (nSPS) is 17.9. The van der Waals surface area contributed by atoms with E-state index in [4.69, 9.17) is 17.0 Å². The van der Waals surface area contributed by atoms with Crippen LogP contribution in [0.25, 0.3) is 0 Å². The summed E-state index contributed by atoms with van der Waals surface area (Å²) in [6.07, 6.45) is 2.83. The van der Waals surface area contributed by atoms with Crippen molar-refractivity contribution in [1.82, 2.24) is 19.8 Å². The van der Waals surface area contributed by atoms with E-state index in [9.17, 15) is 0 Å². The van der Waals surface area contributed by atoms with Crippen LogP contribution in [0.4, 0.5) is 5.69 Å². The molecular weight excluding hydrogens is 430 g/mol. The van der Waals surface area contributed by atoms with Crippen LogP contribution < -0.4 is 10.6 Å². The summed E-state index contributed by atoms with van der Waals surface area (Å²) in [5, 5.41) is 7.86. The van der Waals surface area contributed by atoms with Crippen LogP contribution in [0.5, 0.6) is 0 Å². The fraction of sp³-hybridized carbons (Fsp3) is 0.385. The van der Waals surface area contributed by atoms with Gasteiger partial charge in [-0.1, -0.05) is 24.3 Å². The summed E-state index contributed by atoms with van der Waals surface area (Å²) in [6, 6.07) is 18.8. The molecule has 4 rings (SSSR count). The highest BCUT2D eigenvalue weighted by Gasteiger charge is 2.40. The minimum atomic E-state index is 0.0113. The van der Waals surface area contributed by atoms with Gasteiger partial charge in [0.05, 0.1) is 24.4 Å². The molecule has 7 heteroatoms. The van der Waals surface area contributed by atoms with Crippen molar-refractivity contribution in [3.8, 4) is 0 Å². The molecule has 6 nitrogen and oxygen atoms in total. The van der Waals surface area contributed by atoms with E-state index in [1.165, 1.54) is 17.0 Å². The molecule has 0 aliphatic carbocycles. The molecule has 0 amide bonds. The van der Waals surface area contributed by atoms with Crippen LogP contribution in [-0.4, -0.2) is 46.4 Å². The van der Waals surface area contributed by atoms with Crippen molar-refractivity contribution in [3.05, 3.63) is 83.4 Å². The summed E-state index contributed by atoms with van der Waals surface area (Å²) in [4.78, 5) is 7.00. The molecule has 1 aliphatic heterocycles. The van der Waals surface area contributed by atoms with Gasteiger partial charge >= 0.3 is 0 Å². The lowest BCUT2D eigenvalue weighted by molar-refractivity contribution is 0.186.